The number of ether oxygens (including phenoxy) is 2. The number of para-hydroxylation sites is 1. The summed E-state index contributed by atoms with van der Waals surface area (Å²) in [5, 5.41) is 21.9. The van der Waals surface area contributed by atoms with E-state index in [1.165, 1.54) is 4.90 Å². The number of benzene rings is 5. The molecule has 2 fully saturated rings. The van der Waals surface area contributed by atoms with Crippen LogP contribution in [0.5, 0.6) is 0 Å². The molecule has 1 saturated heterocycles. The molecule has 8 rings (SSSR count). The van der Waals surface area contributed by atoms with E-state index in [1.807, 2.05) is 170 Å². The minimum atomic E-state index is -1.64. The van der Waals surface area contributed by atoms with Gasteiger partial charge in [0.1, 0.15) is 41.8 Å². The zero-order valence-corrected chi connectivity index (χ0v) is 57.8. The zero-order valence-electron chi connectivity index (χ0n) is 57.8. The van der Waals surface area contributed by atoms with Gasteiger partial charge in [-0.2, -0.15) is 0 Å². The number of hydrogen-bond acceptors (Lipinski definition) is 11. The first-order valence-corrected chi connectivity index (χ1v) is 33.7. The van der Waals surface area contributed by atoms with Gasteiger partial charge in [0.2, 0.25) is 47.3 Å². The van der Waals surface area contributed by atoms with E-state index in [0.29, 0.717) is 35.1 Å². The van der Waals surface area contributed by atoms with Crippen LogP contribution in [0, 0.1) is 11.8 Å². The maximum absolute atomic E-state index is 15.6. The minimum absolute atomic E-state index is 0.0477. The molecule has 2 aliphatic rings. The molecular formula is C76H100N10O10. The number of aromatic amines is 1. The van der Waals surface area contributed by atoms with Crippen LogP contribution in [-0.4, -0.2) is 135 Å². The Morgan fingerprint density at radius 3 is 1.57 bits per heavy atom. The van der Waals surface area contributed by atoms with E-state index in [4.69, 9.17) is 15.2 Å². The van der Waals surface area contributed by atoms with Crippen molar-refractivity contribution in [3.8, 4) is 0 Å². The van der Waals surface area contributed by atoms with Crippen LogP contribution in [0.15, 0.2) is 152 Å². The molecule has 0 unspecified atom stereocenters. The summed E-state index contributed by atoms with van der Waals surface area (Å²) in [5.41, 5.74) is 7.18. The molecule has 514 valence electrons. The van der Waals surface area contributed by atoms with Crippen molar-refractivity contribution >= 4 is 58.2 Å². The molecule has 0 spiro atoms. The van der Waals surface area contributed by atoms with Gasteiger partial charge >= 0.3 is 0 Å². The lowest BCUT2D eigenvalue weighted by Gasteiger charge is -2.37. The lowest BCUT2D eigenvalue weighted by Crippen LogP contribution is -2.63. The number of nitrogens with one attached hydrogen (secondary N) is 8. The number of carbonyl (C=O) groups excluding carboxylic acids is 8. The monoisotopic (exact) mass is 1310 g/mol. The van der Waals surface area contributed by atoms with E-state index in [0.717, 1.165) is 29.3 Å². The van der Waals surface area contributed by atoms with Crippen molar-refractivity contribution in [1.82, 2.24) is 47.1 Å². The van der Waals surface area contributed by atoms with E-state index in [1.54, 1.807) is 65.1 Å². The third kappa shape index (κ3) is 19.5. The molecule has 96 heavy (non-hydrogen) atoms. The molecule has 5 aromatic carbocycles. The van der Waals surface area contributed by atoms with Crippen molar-refractivity contribution in [1.29, 1.82) is 0 Å². The summed E-state index contributed by atoms with van der Waals surface area (Å²) in [6, 6.07) is 35.8. The topological polar surface area (TPSA) is 284 Å². The van der Waals surface area contributed by atoms with Gasteiger partial charge in [-0.1, -0.05) is 153 Å². The number of H-pyrrole nitrogens is 1. The number of nitrogens with zero attached hydrogens (tertiary/aromatic N) is 1. The van der Waals surface area contributed by atoms with Crippen LogP contribution in [-0.2, 0) is 66.2 Å². The van der Waals surface area contributed by atoms with Crippen LogP contribution in [0.1, 0.15) is 149 Å². The molecule has 1 aromatic heterocycles. The third-order valence-corrected chi connectivity index (χ3v) is 17.7. The highest BCUT2D eigenvalue weighted by Crippen LogP contribution is 2.40. The Balaban J connectivity index is 1.13. The summed E-state index contributed by atoms with van der Waals surface area (Å²) in [7, 11) is 0. The first-order valence-electron chi connectivity index (χ1n) is 33.7. The normalized spacial score (nSPS) is 17.0. The largest absolute Gasteiger partial charge is 0.370 e. The van der Waals surface area contributed by atoms with Gasteiger partial charge in [-0.25, -0.2) is 0 Å². The molecule has 0 bridgehead atoms. The number of amides is 8. The summed E-state index contributed by atoms with van der Waals surface area (Å²) >= 11 is 0. The van der Waals surface area contributed by atoms with Crippen molar-refractivity contribution in [2.75, 3.05) is 6.54 Å². The molecule has 1 saturated carbocycles. The molecule has 10 N–H and O–H groups in total. The fourth-order valence-electron chi connectivity index (χ4n) is 13.0. The quantitative estimate of drug-likeness (QED) is 0.0195. The number of carbonyl (C=O) groups is 8. The number of hydrogen-bond donors (Lipinski definition) is 9. The smallest absolute Gasteiger partial charge is 0.248 e. The number of likely N-dealkylation sites (tertiary alicyclic amines) is 1. The van der Waals surface area contributed by atoms with Crippen LogP contribution < -0.4 is 43.0 Å². The molecule has 20 heteroatoms. The molecular weight excluding hydrogens is 1210 g/mol. The predicted octanol–water partition coefficient (Wildman–Crippen LogP) is 7.95. The number of fused-ring (bicyclic) bond motifs is 1. The Bertz CT molecular complexity index is 3530. The molecule has 9 atom stereocenters. The molecule has 20 nitrogen and oxygen atoms in total. The van der Waals surface area contributed by atoms with Crippen molar-refractivity contribution in [2.45, 2.75) is 211 Å². The number of nitrogens with two attached hydrogens (primary N) is 1. The third-order valence-electron chi connectivity index (χ3n) is 17.7. The van der Waals surface area contributed by atoms with Gasteiger partial charge < -0.3 is 62.3 Å². The van der Waals surface area contributed by atoms with Crippen LogP contribution in [0.3, 0.4) is 0 Å². The maximum atomic E-state index is 15.6. The average Bonchev–Trinajstić information content (AvgIpc) is 1.02. The van der Waals surface area contributed by atoms with Gasteiger partial charge in [-0.05, 0) is 147 Å². The Hall–Kier alpha value is -8.72. The van der Waals surface area contributed by atoms with E-state index in [2.05, 4.69) is 42.2 Å². The second-order valence-electron chi connectivity index (χ2n) is 28.8. The van der Waals surface area contributed by atoms with E-state index < -0.39 is 130 Å². The zero-order chi connectivity index (χ0) is 69.7. The highest BCUT2D eigenvalue weighted by atomic mass is 16.5. The van der Waals surface area contributed by atoms with Gasteiger partial charge in [-0.3, -0.25) is 38.4 Å². The van der Waals surface area contributed by atoms with Crippen molar-refractivity contribution in [3.63, 3.8) is 0 Å². The highest BCUT2D eigenvalue weighted by Gasteiger charge is 2.46. The molecule has 0 radical (unpaired) electrons. The Morgan fingerprint density at radius 2 is 1.03 bits per heavy atom. The van der Waals surface area contributed by atoms with Crippen LogP contribution in [0.4, 0.5) is 0 Å². The summed E-state index contributed by atoms with van der Waals surface area (Å²) in [6.45, 7) is 21.9. The van der Waals surface area contributed by atoms with Crippen molar-refractivity contribution < 1.29 is 47.8 Å². The van der Waals surface area contributed by atoms with Crippen LogP contribution >= 0.6 is 0 Å². The van der Waals surface area contributed by atoms with Crippen molar-refractivity contribution in [2.24, 2.45) is 17.6 Å². The Morgan fingerprint density at radius 1 is 0.542 bits per heavy atom. The molecule has 8 amide bonds. The average molecular weight is 1310 g/mol. The molecule has 1 aliphatic heterocycles. The van der Waals surface area contributed by atoms with Gasteiger partial charge in [0, 0.05) is 42.0 Å². The second kappa shape index (κ2) is 31.9. The fourth-order valence-corrected chi connectivity index (χ4v) is 13.0. The van der Waals surface area contributed by atoms with Crippen molar-refractivity contribution in [3.05, 3.63) is 180 Å². The van der Waals surface area contributed by atoms with E-state index >= 15 is 24.0 Å². The predicted molar refractivity (Wildman–Crippen MR) is 371 cm³/mol. The fraction of sp³-hybridized carbons (Fsp3) is 0.474. The molecule has 2 heterocycles. The first kappa shape index (κ1) is 73.1. The first-order chi connectivity index (χ1) is 45.4. The standard InChI is InChI=1S/C76H100N10O10/c1-47(2)42-57(77)66(88)82-64(48(3)95-73(5,6)7)71(93)81-59(43-50-28-17-13-18-29-50)68(90)83-65(49(4)96-74(8,9)10)72(94)86-41-27-38-62(86)70(92)80-61(45-63(87)84-76(53-30-19-14-20-31-53,54-32-21-15-22-33-54)55-34-23-16-24-35-55)67(89)79-60(69(91)85-75(11,12)52-39-40-52)44-51-46-78-58-37-26-25-36-56(51)58/h13-26,28-37,46-49,52,57,59-62,64-65,78H,27,38-45,77H2,1-12H3,(H,79,89)(H,80,92)(H,81,93)(H,82,88)(H,83,90)(H,84,87)(H,85,91)/t48-,49-,57+,59+,60+,61+,62+,64+,65+/m1/s1. The maximum Gasteiger partial charge on any atom is 0.248 e. The highest BCUT2D eigenvalue weighted by molar-refractivity contribution is 5.99. The van der Waals surface area contributed by atoms with Gasteiger partial charge in [0.15, 0.2) is 0 Å². The Kier molecular flexibility index (Phi) is 24.3. The second-order valence-corrected chi connectivity index (χ2v) is 28.8. The number of rotatable bonds is 30. The minimum Gasteiger partial charge on any atom is -0.370 e. The van der Waals surface area contributed by atoms with Gasteiger partial charge in [-0.15, -0.1) is 0 Å². The van der Waals surface area contributed by atoms with Crippen LogP contribution in [0.2, 0.25) is 0 Å². The Labute approximate surface area is 565 Å². The summed E-state index contributed by atoms with van der Waals surface area (Å²) < 4.78 is 12.7. The summed E-state index contributed by atoms with van der Waals surface area (Å²) in [5.74, 6) is -5.15. The lowest BCUT2D eigenvalue weighted by atomic mass is 9.77. The summed E-state index contributed by atoms with van der Waals surface area (Å²) in [6.07, 6.45) is 1.90. The van der Waals surface area contributed by atoms with Gasteiger partial charge in [0.05, 0.1) is 35.9 Å². The van der Waals surface area contributed by atoms with Gasteiger partial charge in [0.25, 0.3) is 0 Å². The van der Waals surface area contributed by atoms with E-state index in [-0.39, 0.29) is 37.6 Å². The SMILES string of the molecule is CC(C)C[C@H](N)C(=O)N[C@H](C(=O)N[C@@H](Cc1ccccc1)C(=O)N[C@H](C(=O)N1CCC[C@H]1C(=O)N[C@@H](CC(=O)NC(c1ccccc1)(c1ccccc1)c1ccccc1)C(=O)N[C@@H](Cc1c[nH]c2ccccc12)C(=O)NC(C)(C)C1CC1)[C@@H](C)OC(C)(C)C)[C@@H](C)OC(C)(C)C. The van der Waals surface area contributed by atoms with Crippen LogP contribution in [0.25, 0.3) is 10.9 Å². The molecule has 6 aromatic rings. The van der Waals surface area contributed by atoms with E-state index in [9.17, 15) is 14.4 Å². The lowest BCUT2D eigenvalue weighted by molar-refractivity contribution is -0.149. The molecule has 1 aliphatic carbocycles. The summed E-state index contributed by atoms with van der Waals surface area (Å²) in [4.78, 5) is 125. The number of aromatic nitrogens is 1.